The van der Waals surface area contributed by atoms with Crippen LogP contribution in [0.15, 0.2) is 23.8 Å². The number of nitrogens with two attached hydrogens (primary N) is 1. The van der Waals surface area contributed by atoms with Crippen molar-refractivity contribution >= 4 is 28.1 Å². The Labute approximate surface area is 96.3 Å². The minimum absolute atomic E-state index is 0.274. The van der Waals surface area contributed by atoms with E-state index in [1.165, 1.54) is 11.3 Å². The number of aromatic nitrogens is 2. The summed E-state index contributed by atoms with van der Waals surface area (Å²) < 4.78 is 0. The Bertz CT molecular complexity index is 523. The highest BCUT2D eigenvalue weighted by Crippen LogP contribution is 2.15. The molecular weight excluding hydrogens is 224 g/mol. The number of aryl methyl sites for hydroxylation is 1. The van der Waals surface area contributed by atoms with Gasteiger partial charge in [0.15, 0.2) is 5.13 Å². The van der Waals surface area contributed by atoms with Crippen molar-refractivity contribution in [1.82, 2.24) is 9.97 Å². The lowest BCUT2D eigenvalue weighted by Crippen LogP contribution is -2.13. The second kappa shape index (κ2) is 4.28. The van der Waals surface area contributed by atoms with Crippen LogP contribution >= 0.6 is 11.3 Å². The maximum atomic E-state index is 11.7. The molecule has 1 amide bonds. The molecule has 0 aliphatic heterocycles. The summed E-state index contributed by atoms with van der Waals surface area (Å²) in [5, 5.41) is 4.73. The van der Waals surface area contributed by atoms with E-state index in [-0.39, 0.29) is 5.91 Å². The topological polar surface area (TPSA) is 80.9 Å². The number of hydrogen-bond acceptors (Lipinski definition) is 5. The van der Waals surface area contributed by atoms with Gasteiger partial charge in [-0.3, -0.25) is 9.78 Å². The molecule has 0 saturated heterocycles. The summed E-state index contributed by atoms with van der Waals surface area (Å²) >= 11 is 1.24. The number of hydrogen-bond donors (Lipinski definition) is 2. The van der Waals surface area contributed by atoms with Crippen molar-refractivity contribution in [1.29, 1.82) is 0 Å². The van der Waals surface area contributed by atoms with Gasteiger partial charge < -0.3 is 11.1 Å². The van der Waals surface area contributed by atoms with E-state index in [4.69, 9.17) is 5.73 Å². The molecule has 2 rings (SSSR count). The van der Waals surface area contributed by atoms with Crippen molar-refractivity contribution in [3.63, 3.8) is 0 Å². The summed E-state index contributed by atoms with van der Waals surface area (Å²) in [5.41, 5.74) is 7.41. The molecule has 82 valence electrons. The molecule has 16 heavy (non-hydrogen) atoms. The highest BCUT2D eigenvalue weighted by atomic mass is 32.1. The van der Waals surface area contributed by atoms with Gasteiger partial charge in [-0.1, -0.05) is 0 Å². The zero-order valence-corrected chi connectivity index (χ0v) is 9.41. The van der Waals surface area contributed by atoms with Crippen LogP contribution in [-0.4, -0.2) is 15.9 Å². The van der Waals surface area contributed by atoms with Gasteiger partial charge in [0, 0.05) is 11.6 Å². The average Bonchev–Trinajstić information content (AvgIpc) is 2.68. The Hall–Kier alpha value is -1.95. The van der Waals surface area contributed by atoms with Gasteiger partial charge in [0.25, 0.3) is 5.91 Å². The van der Waals surface area contributed by atoms with Crippen LogP contribution in [0.2, 0.25) is 0 Å². The molecule has 5 nitrogen and oxygen atoms in total. The highest BCUT2D eigenvalue weighted by Gasteiger charge is 2.10. The summed E-state index contributed by atoms with van der Waals surface area (Å²) in [5.74, 6) is -0.274. The number of nitrogens with zero attached hydrogens (tertiary/aromatic N) is 2. The van der Waals surface area contributed by atoms with E-state index < -0.39 is 0 Å². The molecule has 2 aromatic rings. The second-order valence-electron chi connectivity index (χ2n) is 3.22. The first-order valence-corrected chi connectivity index (χ1v) is 5.48. The molecule has 0 bridgehead atoms. The number of anilines is 2. The van der Waals surface area contributed by atoms with E-state index in [0.29, 0.717) is 16.5 Å². The van der Waals surface area contributed by atoms with Gasteiger partial charge in [0.05, 0.1) is 11.9 Å². The molecule has 6 heteroatoms. The first kappa shape index (κ1) is 10.6. The van der Waals surface area contributed by atoms with Crippen molar-refractivity contribution in [2.24, 2.45) is 0 Å². The van der Waals surface area contributed by atoms with Crippen LogP contribution < -0.4 is 11.1 Å². The molecule has 0 aromatic carbocycles. The van der Waals surface area contributed by atoms with Gasteiger partial charge in [0.1, 0.15) is 5.69 Å². The minimum Gasteiger partial charge on any atom is -0.375 e. The molecule has 0 radical (unpaired) electrons. The third kappa shape index (κ3) is 2.17. The molecule has 0 aliphatic rings. The minimum atomic E-state index is -0.274. The number of rotatable bonds is 2. The standard InChI is InChI=1S/C10H10N4OS/c1-6-2-3-12-4-7(6)13-9(15)8-5-16-10(11)14-8/h2-5H,1H3,(H2,11,14)(H,13,15). The van der Waals surface area contributed by atoms with Crippen molar-refractivity contribution in [2.75, 3.05) is 11.1 Å². The SMILES string of the molecule is Cc1ccncc1NC(=O)c1csc(N)n1. The quantitative estimate of drug-likeness (QED) is 0.828. The largest absolute Gasteiger partial charge is 0.375 e. The fourth-order valence-corrected chi connectivity index (χ4v) is 1.72. The first-order valence-electron chi connectivity index (χ1n) is 4.60. The zero-order valence-electron chi connectivity index (χ0n) is 8.60. The Morgan fingerprint density at radius 2 is 2.38 bits per heavy atom. The molecule has 0 saturated carbocycles. The molecular formula is C10H10N4OS. The number of pyridine rings is 1. The Kier molecular flexibility index (Phi) is 2.82. The van der Waals surface area contributed by atoms with Gasteiger partial charge in [-0.15, -0.1) is 11.3 Å². The third-order valence-corrected chi connectivity index (χ3v) is 2.72. The van der Waals surface area contributed by atoms with E-state index in [9.17, 15) is 4.79 Å². The van der Waals surface area contributed by atoms with E-state index in [1.807, 2.05) is 13.0 Å². The smallest absolute Gasteiger partial charge is 0.275 e. The van der Waals surface area contributed by atoms with Crippen LogP contribution in [0, 0.1) is 6.92 Å². The van der Waals surface area contributed by atoms with Crippen molar-refractivity contribution in [3.8, 4) is 0 Å². The fourth-order valence-electron chi connectivity index (χ4n) is 1.17. The number of nitrogens with one attached hydrogen (secondary N) is 1. The molecule has 0 unspecified atom stereocenters. The lowest BCUT2D eigenvalue weighted by molar-refractivity contribution is 0.102. The van der Waals surface area contributed by atoms with E-state index >= 15 is 0 Å². The molecule has 0 aliphatic carbocycles. The number of thiazole rings is 1. The summed E-state index contributed by atoms with van der Waals surface area (Å²) in [6, 6.07) is 1.82. The number of carbonyl (C=O) groups excluding carboxylic acids is 1. The lowest BCUT2D eigenvalue weighted by atomic mass is 10.2. The predicted molar refractivity (Wildman–Crippen MR) is 63.5 cm³/mol. The summed E-state index contributed by atoms with van der Waals surface area (Å²) in [6.07, 6.45) is 3.27. The van der Waals surface area contributed by atoms with Gasteiger partial charge in [-0.05, 0) is 18.6 Å². The highest BCUT2D eigenvalue weighted by molar-refractivity contribution is 7.13. The normalized spacial score (nSPS) is 10.1. The van der Waals surface area contributed by atoms with Gasteiger partial charge in [0.2, 0.25) is 0 Å². The van der Waals surface area contributed by atoms with Gasteiger partial charge >= 0.3 is 0 Å². The monoisotopic (exact) mass is 234 g/mol. The van der Waals surface area contributed by atoms with Crippen molar-refractivity contribution < 1.29 is 4.79 Å². The first-order chi connectivity index (χ1) is 7.66. The molecule has 3 N–H and O–H groups in total. The van der Waals surface area contributed by atoms with Gasteiger partial charge in [-0.25, -0.2) is 4.98 Å². The fraction of sp³-hybridized carbons (Fsp3) is 0.100. The van der Waals surface area contributed by atoms with Crippen LogP contribution in [-0.2, 0) is 0 Å². The zero-order chi connectivity index (χ0) is 11.5. The van der Waals surface area contributed by atoms with Crippen LogP contribution in [0.4, 0.5) is 10.8 Å². The maximum absolute atomic E-state index is 11.7. The van der Waals surface area contributed by atoms with Crippen molar-refractivity contribution in [3.05, 3.63) is 35.1 Å². The summed E-state index contributed by atoms with van der Waals surface area (Å²) in [6.45, 7) is 1.90. The summed E-state index contributed by atoms with van der Waals surface area (Å²) in [7, 11) is 0. The third-order valence-electron chi connectivity index (χ3n) is 2.04. The molecule has 0 atom stereocenters. The number of nitrogen functional groups attached to an aromatic ring is 1. The molecule has 0 spiro atoms. The molecule has 2 aromatic heterocycles. The van der Waals surface area contributed by atoms with Crippen LogP contribution in [0.1, 0.15) is 16.1 Å². The lowest BCUT2D eigenvalue weighted by Gasteiger charge is -2.05. The maximum Gasteiger partial charge on any atom is 0.275 e. The van der Waals surface area contributed by atoms with E-state index in [1.54, 1.807) is 17.8 Å². The predicted octanol–water partition coefficient (Wildman–Crippen LogP) is 1.68. The van der Waals surface area contributed by atoms with Crippen LogP contribution in [0.5, 0.6) is 0 Å². The van der Waals surface area contributed by atoms with Gasteiger partial charge in [-0.2, -0.15) is 0 Å². The number of carbonyl (C=O) groups is 1. The molecule has 2 heterocycles. The Morgan fingerprint density at radius 3 is 3.00 bits per heavy atom. The van der Waals surface area contributed by atoms with Crippen molar-refractivity contribution in [2.45, 2.75) is 6.92 Å². The van der Waals surface area contributed by atoms with E-state index in [0.717, 1.165) is 5.56 Å². The van der Waals surface area contributed by atoms with Crippen LogP contribution in [0.3, 0.4) is 0 Å². The second-order valence-corrected chi connectivity index (χ2v) is 4.11. The average molecular weight is 234 g/mol. The Morgan fingerprint density at radius 1 is 1.56 bits per heavy atom. The molecule has 0 fully saturated rings. The number of amides is 1. The van der Waals surface area contributed by atoms with Crippen LogP contribution in [0.25, 0.3) is 0 Å². The van der Waals surface area contributed by atoms with E-state index in [2.05, 4.69) is 15.3 Å². The summed E-state index contributed by atoms with van der Waals surface area (Å²) in [4.78, 5) is 19.6. The Balaban J connectivity index is 2.17.